The lowest BCUT2D eigenvalue weighted by molar-refractivity contribution is -0.122. The monoisotopic (exact) mass is 375 g/mol. The molecule has 2 heterocycles. The van der Waals surface area contributed by atoms with Gasteiger partial charge in [0.25, 0.3) is 5.91 Å². The fourth-order valence-electron chi connectivity index (χ4n) is 3.63. The summed E-state index contributed by atoms with van der Waals surface area (Å²) in [5.41, 5.74) is 0.928. The highest BCUT2D eigenvalue weighted by molar-refractivity contribution is 8.26. The van der Waals surface area contributed by atoms with Gasteiger partial charge >= 0.3 is 0 Å². The molecule has 1 aliphatic carbocycles. The third-order valence-corrected chi connectivity index (χ3v) is 6.43. The minimum absolute atomic E-state index is 0.0310. The third-order valence-electron chi connectivity index (χ3n) is 5.05. The van der Waals surface area contributed by atoms with Crippen molar-refractivity contribution in [1.29, 1.82) is 0 Å². The first kappa shape index (κ1) is 16.9. The van der Waals surface area contributed by atoms with E-state index in [9.17, 15) is 4.79 Å². The topological polar surface area (TPSA) is 38.8 Å². The van der Waals surface area contributed by atoms with Gasteiger partial charge in [-0.25, -0.2) is 0 Å². The van der Waals surface area contributed by atoms with Gasteiger partial charge in [0.2, 0.25) is 6.79 Å². The van der Waals surface area contributed by atoms with Gasteiger partial charge in [-0.3, -0.25) is 9.69 Å². The van der Waals surface area contributed by atoms with Crippen LogP contribution in [0.1, 0.15) is 44.1 Å². The Morgan fingerprint density at radius 1 is 1.20 bits per heavy atom. The molecule has 6 heteroatoms. The minimum Gasteiger partial charge on any atom is -0.454 e. The van der Waals surface area contributed by atoms with Gasteiger partial charge in [-0.15, -0.1) is 0 Å². The molecule has 1 saturated carbocycles. The molecule has 4 rings (SSSR count). The van der Waals surface area contributed by atoms with Gasteiger partial charge in [0, 0.05) is 6.54 Å². The van der Waals surface area contributed by atoms with Gasteiger partial charge in [0.1, 0.15) is 4.32 Å². The van der Waals surface area contributed by atoms with Gasteiger partial charge in [0.05, 0.1) is 4.91 Å². The second-order valence-corrected chi connectivity index (χ2v) is 8.41. The molecule has 4 nitrogen and oxygen atoms in total. The molecule has 3 aliphatic rings. The summed E-state index contributed by atoms with van der Waals surface area (Å²) in [6.45, 7) is 0.996. The molecule has 1 amide bonds. The Bertz CT molecular complexity index is 725. The number of hydrogen-bond donors (Lipinski definition) is 0. The van der Waals surface area contributed by atoms with E-state index in [1.54, 1.807) is 4.90 Å². The van der Waals surface area contributed by atoms with Crippen LogP contribution in [0.15, 0.2) is 23.1 Å². The molecular weight excluding hydrogens is 354 g/mol. The molecule has 0 atom stereocenters. The van der Waals surface area contributed by atoms with E-state index in [-0.39, 0.29) is 12.7 Å². The number of amides is 1. The van der Waals surface area contributed by atoms with Crippen LogP contribution in [0.2, 0.25) is 0 Å². The predicted molar refractivity (Wildman–Crippen MR) is 104 cm³/mol. The van der Waals surface area contributed by atoms with E-state index in [2.05, 4.69) is 0 Å². The predicted octanol–water partition coefficient (Wildman–Crippen LogP) is 4.59. The van der Waals surface area contributed by atoms with Gasteiger partial charge in [0.15, 0.2) is 11.5 Å². The second-order valence-electron chi connectivity index (χ2n) is 6.74. The average molecular weight is 376 g/mol. The number of carbonyl (C=O) groups is 1. The van der Waals surface area contributed by atoms with Crippen LogP contribution >= 0.6 is 24.0 Å². The van der Waals surface area contributed by atoms with E-state index in [1.807, 2.05) is 24.3 Å². The van der Waals surface area contributed by atoms with Crippen LogP contribution in [0.5, 0.6) is 11.5 Å². The molecule has 132 valence electrons. The van der Waals surface area contributed by atoms with E-state index < -0.39 is 0 Å². The van der Waals surface area contributed by atoms with E-state index in [4.69, 9.17) is 21.7 Å². The van der Waals surface area contributed by atoms with E-state index in [0.717, 1.165) is 35.9 Å². The van der Waals surface area contributed by atoms with E-state index in [0.29, 0.717) is 9.23 Å². The summed E-state index contributed by atoms with van der Waals surface area (Å²) in [6, 6.07) is 5.71. The first-order valence-electron chi connectivity index (χ1n) is 8.86. The summed E-state index contributed by atoms with van der Waals surface area (Å²) in [5.74, 6) is 2.25. The fraction of sp³-hybridized carbons (Fsp3) is 0.474. The standard InChI is InChI=1S/C19H21NO3S2/c21-18-17(11-14-6-7-15-16(10-14)23-12-22-15)25-19(24)20(18)9-8-13-4-2-1-3-5-13/h6-7,10-11,13H,1-5,8-9,12H2. The van der Waals surface area contributed by atoms with Crippen LogP contribution in [0.3, 0.4) is 0 Å². The summed E-state index contributed by atoms with van der Waals surface area (Å²) in [7, 11) is 0. The molecule has 1 saturated heterocycles. The highest BCUT2D eigenvalue weighted by Crippen LogP contribution is 2.37. The van der Waals surface area contributed by atoms with Crippen molar-refractivity contribution < 1.29 is 14.3 Å². The zero-order chi connectivity index (χ0) is 17.2. The lowest BCUT2D eigenvalue weighted by atomic mass is 9.87. The Hall–Kier alpha value is -1.53. The fourth-order valence-corrected chi connectivity index (χ4v) is 4.94. The Morgan fingerprint density at radius 3 is 2.84 bits per heavy atom. The number of carbonyl (C=O) groups excluding carboxylic acids is 1. The average Bonchev–Trinajstić information content (AvgIpc) is 3.19. The zero-order valence-corrected chi connectivity index (χ0v) is 15.7. The normalized spacial score (nSPS) is 22.2. The largest absolute Gasteiger partial charge is 0.454 e. The number of nitrogens with zero attached hydrogens (tertiary/aromatic N) is 1. The number of benzene rings is 1. The molecule has 0 aromatic heterocycles. The first-order valence-corrected chi connectivity index (χ1v) is 10.1. The number of rotatable bonds is 4. The molecule has 0 spiro atoms. The number of fused-ring (bicyclic) bond motifs is 1. The van der Waals surface area contributed by atoms with Crippen LogP contribution < -0.4 is 9.47 Å². The van der Waals surface area contributed by atoms with Crippen molar-refractivity contribution in [1.82, 2.24) is 4.90 Å². The molecule has 0 N–H and O–H groups in total. The molecule has 0 unspecified atom stereocenters. The summed E-state index contributed by atoms with van der Waals surface area (Å²) in [4.78, 5) is 15.2. The summed E-state index contributed by atoms with van der Waals surface area (Å²) < 4.78 is 11.4. The molecule has 1 aromatic carbocycles. The van der Waals surface area contributed by atoms with E-state index >= 15 is 0 Å². The maximum Gasteiger partial charge on any atom is 0.266 e. The van der Waals surface area contributed by atoms with Gasteiger partial charge in [-0.2, -0.15) is 0 Å². The number of thiocarbonyl (C=S) groups is 1. The van der Waals surface area contributed by atoms with Crippen molar-refractivity contribution >= 4 is 40.3 Å². The quantitative estimate of drug-likeness (QED) is 0.569. The molecule has 2 fully saturated rings. The molecular formula is C19H21NO3S2. The highest BCUT2D eigenvalue weighted by Gasteiger charge is 2.32. The van der Waals surface area contributed by atoms with Crippen molar-refractivity contribution in [2.24, 2.45) is 5.92 Å². The molecule has 0 bridgehead atoms. The highest BCUT2D eigenvalue weighted by atomic mass is 32.2. The Kier molecular flexibility index (Phi) is 4.99. The smallest absolute Gasteiger partial charge is 0.266 e. The Labute approximate surface area is 157 Å². The van der Waals surface area contributed by atoms with Gasteiger partial charge in [-0.1, -0.05) is 62.2 Å². The SMILES string of the molecule is O=C1C(=Cc2ccc3c(c2)OCO3)SC(=S)N1CCC1CCCCC1. The maximum absolute atomic E-state index is 12.7. The minimum atomic E-state index is 0.0310. The van der Waals surface area contributed by atoms with Crippen molar-refractivity contribution in [3.63, 3.8) is 0 Å². The first-order chi connectivity index (χ1) is 12.2. The van der Waals surface area contributed by atoms with Crippen molar-refractivity contribution in [2.45, 2.75) is 38.5 Å². The third kappa shape index (κ3) is 3.70. The lowest BCUT2D eigenvalue weighted by Gasteiger charge is -2.23. The van der Waals surface area contributed by atoms with Crippen LogP contribution in [-0.4, -0.2) is 28.5 Å². The Balaban J connectivity index is 1.43. The van der Waals surface area contributed by atoms with Crippen molar-refractivity contribution in [3.8, 4) is 11.5 Å². The summed E-state index contributed by atoms with van der Waals surface area (Å²) >= 11 is 6.83. The van der Waals surface area contributed by atoms with Gasteiger partial charge in [-0.05, 0) is 36.1 Å². The molecule has 2 aliphatic heterocycles. The summed E-state index contributed by atoms with van der Waals surface area (Å²) in [5, 5.41) is 0. The molecule has 1 aromatic rings. The van der Waals surface area contributed by atoms with Crippen LogP contribution in [0.25, 0.3) is 6.08 Å². The molecule has 25 heavy (non-hydrogen) atoms. The lowest BCUT2D eigenvalue weighted by Crippen LogP contribution is -2.30. The molecule has 0 radical (unpaired) electrons. The number of thioether (sulfide) groups is 1. The van der Waals surface area contributed by atoms with Gasteiger partial charge < -0.3 is 9.47 Å². The number of ether oxygens (including phenoxy) is 2. The maximum atomic E-state index is 12.7. The van der Waals surface area contributed by atoms with E-state index in [1.165, 1.54) is 43.9 Å². The zero-order valence-electron chi connectivity index (χ0n) is 14.0. The number of hydrogen-bond acceptors (Lipinski definition) is 5. The Morgan fingerprint density at radius 2 is 2.00 bits per heavy atom. The van der Waals surface area contributed by atoms with Crippen LogP contribution in [0, 0.1) is 5.92 Å². The summed E-state index contributed by atoms with van der Waals surface area (Å²) in [6.07, 6.45) is 9.55. The van der Waals surface area contributed by atoms with Crippen molar-refractivity contribution in [3.05, 3.63) is 28.7 Å². The van der Waals surface area contributed by atoms with Crippen LogP contribution in [0.4, 0.5) is 0 Å². The van der Waals surface area contributed by atoms with Crippen LogP contribution in [-0.2, 0) is 4.79 Å². The second kappa shape index (κ2) is 7.38. The van der Waals surface area contributed by atoms with Crippen molar-refractivity contribution in [2.75, 3.05) is 13.3 Å².